The average molecular weight is 309 g/mol. The van der Waals surface area contributed by atoms with E-state index in [1.807, 2.05) is 73.3 Å². The van der Waals surface area contributed by atoms with Gasteiger partial charge < -0.3 is 10.1 Å². The van der Waals surface area contributed by atoms with Crippen LogP contribution in [-0.2, 0) is 7.05 Å². The molecule has 0 unspecified atom stereocenters. The molecule has 1 aromatic heterocycles. The largest absolute Gasteiger partial charge is 0.495 e. The second-order valence-corrected chi connectivity index (χ2v) is 5.26. The summed E-state index contributed by atoms with van der Waals surface area (Å²) in [7, 11) is 3.48. The van der Waals surface area contributed by atoms with Crippen LogP contribution < -0.4 is 15.6 Å². The predicted molar refractivity (Wildman–Crippen MR) is 92.0 cm³/mol. The van der Waals surface area contributed by atoms with Gasteiger partial charge in [-0.3, -0.25) is 9.48 Å². The van der Waals surface area contributed by atoms with Crippen LogP contribution in [0.1, 0.15) is 5.69 Å². The van der Waals surface area contributed by atoms with E-state index in [9.17, 15) is 4.79 Å². The van der Waals surface area contributed by atoms with Gasteiger partial charge in [0.05, 0.1) is 24.2 Å². The Kier molecular flexibility index (Phi) is 3.93. The van der Waals surface area contributed by atoms with Crippen molar-refractivity contribution in [3.05, 3.63) is 70.6 Å². The molecule has 0 aliphatic carbocycles. The first-order chi connectivity index (χ1) is 11.1. The summed E-state index contributed by atoms with van der Waals surface area (Å²) in [6, 6.07) is 17.1. The minimum absolute atomic E-state index is 0.0953. The lowest BCUT2D eigenvalue weighted by Gasteiger charge is -2.09. The van der Waals surface area contributed by atoms with Gasteiger partial charge in [-0.1, -0.05) is 30.3 Å². The van der Waals surface area contributed by atoms with Gasteiger partial charge in [0.25, 0.3) is 5.56 Å². The van der Waals surface area contributed by atoms with Crippen LogP contribution in [-0.4, -0.2) is 16.5 Å². The van der Waals surface area contributed by atoms with Gasteiger partial charge in [-0.05, 0) is 31.2 Å². The maximum atomic E-state index is 12.9. The average Bonchev–Trinajstić information content (AvgIpc) is 2.80. The minimum Gasteiger partial charge on any atom is -0.495 e. The molecule has 0 saturated carbocycles. The number of para-hydroxylation sites is 3. The second-order valence-electron chi connectivity index (χ2n) is 5.26. The van der Waals surface area contributed by atoms with E-state index in [0.29, 0.717) is 11.4 Å². The Balaban J connectivity index is 2.10. The van der Waals surface area contributed by atoms with Crippen LogP contribution in [0.25, 0.3) is 5.69 Å². The molecule has 118 valence electrons. The first-order valence-corrected chi connectivity index (χ1v) is 7.37. The highest BCUT2D eigenvalue weighted by molar-refractivity contribution is 5.67. The summed E-state index contributed by atoms with van der Waals surface area (Å²) in [6.45, 7) is 1.92. The van der Waals surface area contributed by atoms with Crippen molar-refractivity contribution in [2.24, 2.45) is 7.05 Å². The maximum Gasteiger partial charge on any atom is 0.295 e. The number of anilines is 2. The zero-order chi connectivity index (χ0) is 16.4. The van der Waals surface area contributed by atoms with Gasteiger partial charge in [-0.2, -0.15) is 0 Å². The third kappa shape index (κ3) is 2.61. The Morgan fingerprint density at radius 3 is 2.35 bits per heavy atom. The van der Waals surface area contributed by atoms with Crippen molar-refractivity contribution in [2.45, 2.75) is 6.92 Å². The number of hydrogen-bond donors (Lipinski definition) is 1. The summed E-state index contributed by atoms with van der Waals surface area (Å²) >= 11 is 0. The minimum atomic E-state index is -0.0953. The lowest BCUT2D eigenvalue weighted by atomic mass is 10.2. The number of benzene rings is 2. The molecule has 0 radical (unpaired) electrons. The van der Waals surface area contributed by atoms with Crippen molar-refractivity contribution in [1.82, 2.24) is 9.36 Å². The third-order valence-corrected chi connectivity index (χ3v) is 3.92. The topological polar surface area (TPSA) is 48.2 Å². The summed E-state index contributed by atoms with van der Waals surface area (Å²) in [5, 5.41) is 3.21. The van der Waals surface area contributed by atoms with Gasteiger partial charge in [0.2, 0.25) is 0 Å². The Labute approximate surface area is 134 Å². The molecule has 0 aliphatic heterocycles. The molecular weight excluding hydrogens is 290 g/mol. The highest BCUT2D eigenvalue weighted by Gasteiger charge is 2.17. The summed E-state index contributed by atoms with van der Waals surface area (Å²) in [5.74, 6) is 0.696. The van der Waals surface area contributed by atoms with E-state index in [4.69, 9.17) is 4.74 Å². The van der Waals surface area contributed by atoms with Gasteiger partial charge in [-0.15, -0.1) is 0 Å². The zero-order valence-electron chi connectivity index (χ0n) is 13.4. The van der Waals surface area contributed by atoms with E-state index >= 15 is 0 Å². The van der Waals surface area contributed by atoms with Crippen LogP contribution in [0.5, 0.6) is 5.75 Å². The van der Waals surface area contributed by atoms with Crippen molar-refractivity contribution in [3.8, 4) is 11.4 Å². The number of nitrogens with one attached hydrogen (secondary N) is 1. The van der Waals surface area contributed by atoms with Crippen molar-refractivity contribution in [1.29, 1.82) is 0 Å². The van der Waals surface area contributed by atoms with Crippen LogP contribution in [0.4, 0.5) is 11.4 Å². The molecule has 5 nitrogen and oxygen atoms in total. The lowest BCUT2D eigenvalue weighted by molar-refractivity contribution is 0.417. The summed E-state index contributed by atoms with van der Waals surface area (Å²) in [5.41, 5.74) is 2.89. The van der Waals surface area contributed by atoms with Crippen LogP contribution in [0, 0.1) is 6.92 Å². The summed E-state index contributed by atoms with van der Waals surface area (Å²) in [4.78, 5) is 12.9. The molecule has 23 heavy (non-hydrogen) atoms. The number of methoxy groups -OCH3 is 1. The van der Waals surface area contributed by atoms with Crippen LogP contribution in [0.15, 0.2) is 59.4 Å². The van der Waals surface area contributed by atoms with E-state index in [2.05, 4.69) is 5.32 Å². The molecule has 5 heteroatoms. The van der Waals surface area contributed by atoms with E-state index in [1.54, 1.807) is 11.8 Å². The van der Waals surface area contributed by atoms with E-state index in [0.717, 1.165) is 17.1 Å². The third-order valence-electron chi connectivity index (χ3n) is 3.92. The summed E-state index contributed by atoms with van der Waals surface area (Å²) in [6.07, 6.45) is 0. The Morgan fingerprint density at radius 1 is 1.00 bits per heavy atom. The Bertz CT molecular complexity index is 879. The Hall–Kier alpha value is -2.95. The fourth-order valence-electron chi connectivity index (χ4n) is 2.59. The molecular formula is C18H19N3O2. The maximum absolute atomic E-state index is 12.9. The molecule has 3 rings (SSSR count). The molecule has 0 saturated heterocycles. The van der Waals surface area contributed by atoms with Gasteiger partial charge in [-0.25, -0.2) is 4.68 Å². The number of rotatable bonds is 4. The molecule has 0 bridgehead atoms. The van der Waals surface area contributed by atoms with E-state index in [-0.39, 0.29) is 5.56 Å². The van der Waals surface area contributed by atoms with Crippen molar-refractivity contribution in [3.63, 3.8) is 0 Å². The van der Waals surface area contributed by atoms with Crippen LogP contribution in [0.2, 0.25) is 0 Å². The van der Waals surface area contributed by atoms with Crippen molar-refractivity contribution in [2.75, 3.05) is 12.4 Å². The fourth-order valence-corrected chi connectivity index (χ4v) is 2.59. The number of nitrogens with zero attached hydrogens (tertiary/aromatic N) is 2. The quantitative estimate of drug-likeness (QED) is 0.805. The van der Waals surface area contributed by atoms with E-state index in [1.165, 1.54) is 0 Å². The van der Waals surface area contributed by atoms with Gasteiger partial charge in [0, 0.05) is 7.05 Å². The molecule has 1 N–H and O–H groups in total. The Morgan fingerprint density at radius 2 is 1.65 bits per heavy atom. The lowest BCUT2D eigenvalue weighted by Crippen LogP contribution is -2.20. The summed E-state index contributed by atoms with van der Waals surface area (Å²) < 4.78 is 8.83. The molecule has 3 aromatic rings. The standard InChI is InChI=1S/C18H19N3O2/c1-13-17(19-15-11-7-8-12-16(15)23-3)18(22)21(20(13)2)14-9-5-4-6-10-14/h4-12,19H,1-3H3. The highest BCUT2D eigenvalue weighted by Crippen LogP contribution is 2.27. The monoisotopic (exact) mass is 309 g/mol. The molecule has 0 spiro atoms. The van der Waals surface area contributed by atoms with Crippen LogP contribution in [0.3, 0.4) is 0 Å². The number of aromatic nitrogens is 2. The van der Waals surface area contributed by atoms with Crippen molar-refractivity contribution >= 4 is 11.4 Å². The van der Waals surface area contributed by atoms with Gasteiger partial charge in [0.15, 0.2) is 0 Å². The van der Waals surface area contributed by atoms with Crippen molar-refractivity contribution < 1.29 is 4.74 Å². The van der Waals surface area contributed by atoms with Crippen LogP contribution >= 0.6 is 0 Å². The SMILES string of the molecule is COc1ccccc1Nc1c(C)n(C)n(-c2ccccc2)c1=O. The smallest absolute Gasteiger partial charge is 0.295 e. The molecule has 0 amide bonds. The number of hydrogen-bond acceptors (Lipinski definition) is 3. The normalized spacial score (nSPS) is 10.6. The molecule has 0 aliphatic rings. The molecule has 0 fully saturated rings. The molecule has 2 aromatic carbocycles. The predicted octanol–water partition coefficient (Wildman–Crippen LogP) is 3.24. The van der Waals surface area contributed by atoms with Gasteiger partial charge >= 0.3 is 0 Å². The zero-order valence-corrected chi connectivity index (χ0v) is 13.4. The first kappa shape index (κ1) is 15.0. The molecule has 0 atom stereocenters. The van der Waals surface area contributed by atoms with E-state index < -0.39 is 0 Å². The highest BCUT2D eigenvalue weighted by atomic mass is 16.5. The number of ether oxygens (including phenoxy) is 1. The first-order valence-electron chi connectivity index (χ1n) is 7.37. The van der Waals surface area contributed by atoms with Gasteiger partial charge in [0.1, 0.15) is 11.4 Å². The molecule has 1 heterocycles. The second kappa shape index (κ2) is 6.04. The fraction of sp³-hybridized carbons (Fsp3) is 0.167.